The molecule has 9 nitrogen and oxygen atoms in total. The van der Waals surface area contributed by atoms with E-state index in [4.69, 9.17) is 14.6 Å². The van der Waals surface area contributed by atoms with Gasteiger partial charge in [-0.15, -0.1) is 0 Å². The maximum atomic E-state index is 13.1. The predicted octanol–water partition coefficient (Wildman–Crippen LogP) is 2.99. The van der Waals surface area contributed by atoms with E-state index >= 15 is 0 Å². The molecular weight excluding hydrogens is 448 g/mol. The van der Waals surface area contributed by atoms with Crippen LogP contribution < -0.4 is 20.3 Å². The van der Waals surface area contributed by atoms with Crippen molar-refractivity contribution in [3.8, 4) is 28.4 Å². The average Bonchev–Trinajstić information content (AvgIpc) is 3.37. The molecule has 3 aromatic carbocycles. The van der Waals surface area contributed by atoms with E-state index in [2.05, 4.69) is 16.0 Å². The van der Waals surface area contributed by atoms with Crippen LogP contribution >= 0.6 is 0 Å². The lowest BCUT2D eigenvalue weighted by molar-refractivity contribution is 0.0846. The molecule has 0 saturated carbocycles. The molecule has 35 heavy (non-hydrogen) atoms. The molecule has 9 heteroatoms. The number of hydrogen-bond acceptors (Lipinski definition) is 6. The van der Waals surface area contributed by atoms with Gasteiger partial charge in [0.15, 0.2) is 11.5 Å². The van der Waals surface area contributed by atoms with E-state index in [0.29, 0.717) is 22.8 Å². The molecule has 0 radical (unpaired) electrons. The van der Waals surface area contributed by atoms with Crippen molar-refractivity contribution in [2.45, 2.75) is 0 Å². The fourth-order valence-corrected chi connectivity index (χ4v) is 3.40. The largest absolute Gasteiger partial charge is 0.493 e. The second kappa shape index (κ2) is 11.0. The van der Waals surface area contributed by atoms with Crippen LogP contribution in [0.4, 0.5) is 0 Å². The summed E-state index contributed by atoms with van der Waals surface area (Å²) >= 11 is 0. The Kier molecular flexibility index (Phi) is 7.39. The molecule has 4 rings (SSSR count). The Bertz CT molecular complexity index is 1310. The number of carbonyl (C=O) groups is 2. The zero-order chi connectivity index (χ0) is 24.6. The van der Waals surface area contributed by atoms with E-state index in [0.717, 1.165) is 11.3 Å². The first-order valence-electron chi connectivity index (χ1n) is 10.8. The minimum atomic E-state index is -0.549. The van der Waals surface area contributed by atoms with E-state index < -0.39 is 11.8 Å². The summed E-state index contributed by atoms with van der Waals surface area (Å²) in [6.07, 6.45) is 1.62. The van der Waals surface area contributed by atoms with Gasteiger partial charge in [-0.1, -0.05) is 48.5 Å². The van der Waals surface area contributed by atoms with E-state index in [1.807, 2.05) is 60.7 Å². The maximum Gasteiger partial charge on any atom is 0.273 e. The van der Waals surface area contributed by atoms with Gasteiger partial charge in [0.2, 0.25) is 0 Å². The van der Waals surface area contributed by atoms with Gasteiger partial charge in [0.1, 0.15) is 12.3 Å². The molecule has 0 unspecified atom stereocenters. The molecule has 3 N–H and O–H groups in total. The Labute approximate surface area is 201 Å². The number of para-hydroxylation sites is 1. The number of hydrogen-bond donors (Lipinski definition) is 3. The lowest BCUT2D eigenvalue weighted by atomic mass is 10.1. The van der Waals surface area contributed by atoms with Crippen LogP contribution in [0, 0.1) is 0 Å². The summed E-state index contributed by atoms with van der Waals surface area (Å²) in [5.74, 6) is -0.355. The summed E-state index contributed by atoms with van der Waals surface area (Å²) < 4.78 is 12.2. The molecule has 2 amide bonds. The molecule has 0 aliphatic heterocycles. The number of amides is 2. The smallest absolute Gasteiger partial charge is 0.273 e. The minimum Gasteiger partial charge on any atom is -0.493 e. The van der Waals surface area contributed by atoms with E-state index in [9.17, 15) is 9.59 Å². The highest BCUT2D eigenvalue weighted by atomic mass is 16.5. The Hall–Kier alpha value is -4.63. The molecule has 0 saturated heterocycles. The molecule has 1 heterocycles. The SMILES string of the molecule is COc1ccc(C(=O)NNC(=O)c2cn(-c3ccccc3)nc2-c2ccccc2)cc1OCCO. The fourth-order valence-electron chi connectivity index (χ4n) is 3.40. The van der Waals surface area contributed by atoms with Gasteiger partial charge in [0.25, 0.3) is 11.8 Å². The van der Waals surface area contributed by atoms with Crippen molar-refractivity contribution < 1.29 is 24.2 Å². The average molecular weight is 473 g/mol. The first kappa shape index (κ1) is 23.5. The Morgan fingerprint density at radius 3 is 2.29 bits per heavy atom. The number of aliphatic hydroxyl groups is 1. The lowest BCUT2D eigenvalue weighted by Crippen LogP contribution is -2.41. The number of hydrazine groups is 1. The summed E-state index contributed by atoms with van der Waals surface area (Å²) in [7, 11) is 1.47. The van der Waals surface area contributed by atoms with Crippen LogP contribution in [0.25, 0.3) is 16.9 Å². The van der Waals surface area contributed by atoms with Crippen molar-refractivity contribution in [2.75, 3.05) is 20.3 Å². The monoisotopic (exact) mass is 472 g/mol. The molecule has 1 aromatic heterocycles. The third-order valence-electron chi connectivity index (χ3n) is 5.09. The van der Waals surface area contributed by atoms with Crippen LogP contribution in [0.5, 0.6) is 11.5 Å². The second-order valence-corrected chi connectivity index (χ2v) is 7.38. The number of aromatic nitrogens is 2. The zero-order valence-electron chi connectivity index (χ0n) is 19.0. The van der Waals surface area contributed by atoms with Crippen molar-refractivity contribution in [1.82, 2.24) is 20.6 Å². The Balaban J connectivity index is 1.55. The molecular formula is C26H24N4O5. The first-order chi connectivity index (χ1) is 17.1. The number of nitrogens with one attached hydrogen (secondary N) is 2. The Morgan fingerprint density at radius 1 is 0.914 bits per heavy atom. The summed E-state index contributed by atoms with van der Waals surface area (Å²) in [6, 6.07) is 23.3. The van der Waals surface area contributed by atoms with Crippen molar-refractivity contribution in [2.24, 2.45) is 0 Å². The van der Waals surface area contributed by atoms with Crippen LogP contribution in [0.3, 0.4) is 0 Å². The summed E-state index contributed by atoms with van der Waals surface area (Å²) in [6.45, 7) is -0.137. The minimum absolute atomic E-state index is 0.0475. The van der Waals surface area contributed by atoms with Crippen molar-refractivity contribution in [1.29, 1.82) is 0 Å². The standard InChI is InChI=1S/C26H24N4O5/c1-34-22-13-12-19(16-23(22)35-15-14-31)25(32)27-28-26(33)21-17-30(20-10-6-3-7-11-20)29-24(21)18-8-4-2-5-9-18/h2-13,16-17,31H,14-15H2,1H3,(H,27,32)(H,28,33). The topological polar surface area (TPSA) is 115 Å². The highest BCUT2D eigenvalue weighted by Crippen LogP contribution is 2.28. The van der Waals surface area contributed by atoms with E-state index in [-0.39, 0.29) is 18.8 Å². The lowest BCUT2D eigenvalue weighted by Gasteiger charge is -2.12. The molecule has 4 aromatic rings. The molecule has 0 aliphatic carbocycles. The van der Waals surface area contributed by atoms with Crippen molar-refractivity contribution in [3.05, 3.63) is 96.2 Å². The quantitative estimate of drug-likeness (QED) is 0.340. The van der Waals surface area contributed by atoms with Gasteiger partial charge in [-0.25, -0.2) is 4.68 Å². The highest BCUT2D eigenvalue weighted by molar-refractivity contribution is 6.02. The molecule has 178 valence electrons. The van der Waals surface area contributed by atoms with Gasteiger partial charge >= 0.3 is 0 Å². The molecule has 0 bridgehead atoms. The van der Waals surface area contributed by atoms with Crippen LogP contribution in [-0.2, 0) is 0 Å². The van der Waals surface area contributed by atoms with Gasteiger partial charge in [-0.3, -0.25) is 20.4 Å². The summed E-state index contributed by atoms with van der Waals surface area (Å²) in [5.41, 5.74) is 7.45. The normalized spacial score (nSPS) is 10.5. The number of methoxy groups -OCH3 is 1. The second-order valence-electron chi connectivity index (χ2n) is 7.38. The van der Waals surface area contributed by atoms with Crippen LogP contribution in [0.1, 0.15) is 20.7 Å². The summed E-state index contributed by atoms with van der Waals surface area (Å²) in [5, 5.41) is 13.6. The molecule has 0 fully saturated rings. The number of benzene rings is 3. The van der Waals surface area contributed by atoms with Crippen molar-refractivity contribution in [3.63, 3.8) is 0 Å². The van der Waals surface area contributed by atoms with E-state index in [1.165, 1.54) is 19.2 Å². The van der Waals surface area contributed by atoms with E-state index in [1.54, 1.807) is 16.9 Å². The van der Waals surface area contributed by atoms with Gasteiger partial charge in [0.05, 0.1) is 25.0 Å². The van der Waals surface area contributed by atoms with Gasteiger partial charge < -0.3 is 14.6 Å². The van der Waals surface area contributed by atoms with Crippen molar-refractivity contribution >= 4 is 11.8 Å². The molecule has 0 spiro atoms. The number of nitrogens with zero attached hydrogens (tertiary/aromatic N) is 2. The molecule has 0 aliphatic rings. The predicted molar refractivity (Wildman–Crippen MR) is 130 cm³/mol. The number of carbonyl (C=O) groups excluding carboxylic acids is 2. The highest BCUT2D eigenvalue weighted by Gasteiger charge is 2.20. The van der Waals surface area contributed by atoms with Crippen LogP contribution in [-0.4, -0.2) is 47.0 Å². The molecule has 0 atom stereocenters. The third-order valence-corrected chi connectivity index (χ3v) is 5.09. The van der Waals surface area contributed by atoms with Gasteiger partial charge in [-0.2, -0.15) is 5.10 Å². The summed E-state index contributed by atoms with van der Waals surface area (Å²) in [4.78, 5) is 25.8. The zero-order valence-corrected chi connectivity index (χ0v) is 19.0. The fraction of sp³-hybridized carbons (Fsp3) is 0.115. The number of rotatable bonds is 8. The van der Waals surface area contributed by atoms with Gasteiger partial charge in [0, 0.05) is 17.3 Å². The van der Waals surface area contributed by atoms with Crippen LogP contribution in [0.15, 0.2) is 85.1 Å². The van der Waals surface area contributed by atoms with Gasteiger partial charge in [-0.05, 0) is 30.3 Å². The first-order valence-corrected chi connectivity index (χ1v) is 10.8. The Morgan fingerprint density at radius 2 is 1.60 bits per heavy atom. The number of aliphatic hydroxyl groups excluding tert-OH is 1. The number of ether oxygens (including phenoxy) is 2. The maximum absolute atomic E-state index is 13.1. The van der Waals surface area contributed by atoms with Crippen LogP contribution in [0.2, 0.25) is 0 Å². The third kappa shape index (κ3) is 5.48.